The lowest BCUT2D eigenvalue weighted by Crippen LogP contribution is -2.26. The molecule has 3 N–H and O–H groups in total. The van der Waals surface area contributed by atoms with Gasteiger partial charge in [0.15, 0.2) is 6.61 Å². The summed E-state index contributed by atoms with van der Waals surface area (Å²) in [6.45, 7) is 0.927. The summed E-state index contributed by atoms with van der Waals surface area (Å²) >= 11 is 0. The number of rotatable bonds is 7. The zero-order valence-corrected chi connectivity index (χ0v) is 11.7. The van der Waals surface area contributed by atoms with E-state index in [2.05, 4.69) is 10.1 Å². The first-order valence-electron chi connectivity index (χ1n) is 6.61. The van der Waals surface area contributed by atoms with Gasteiger partial charge in [0.25, 0.3) is 0 Å². The van der Waals surface area contributed by atoms with Crippen molar-refractivity contribution in [2.24, 2.45) is 5.73 Å². The Balaban J connectivity index is 2.51. The van der Waals surface area contributed by atoms with Gasteiger partial charge in [-0.25, -0.2) is 0 Å². The number of nitrogens with two attached hydrogens (primary N) is 1. The molecule has 0 saturated heterocycles. The van der Waals surface area contributed by atoms with Crippen LogP contribution >= 0.6 is 0 Å². The van der Waals surface area contributed by atoms with Crippen LogP contribution in [-0.4, -0.2) is 25.2 Å². The highest BCUT2D eigenvalue weighted by atomic mass is 19.4. The van der Waals surface area contributed by atoms with E-state index in [0.717, 1.165) is 5.56 Å². The number of ether oxygens (including phenoxy) is 1. The van der Waals surface area contributed by atoms with Gasteiger partial charge in [-0.1, -0.05) is 12.1 Å². The molecule has 4 nitrogen and oxygen atoms in total. The maximum absolute atomic E-state index is 12.0. The quantitative estimate of drug-likeness (QED) is 0.813. The lowest BCUT2D eigenvalue weighted by atomic mass is 10.1. The van der Waals surface area contributed by atoms with Crippen molar-refractivity contribution in [3.8, 4) is 5.75 Å². The van der Waals surface area contributed by atoms with Crippen LogP contribution in [0.4, 0.5) is 13.2 Å². The van der Waals surface area contributed by atoms with Gasteiger partial charge < -0.3 is 15.8 Å². The molecule has 0 spiro atoms. The van der Waals surface area contributed by atoms with E-state index in [-0.39, 0.29) is 17.7 Å². The van der Waals surface area contributed by atoms with Crippen molar-refractivity contribution in [3.05, 3.63) is 29.8 Å². The van der Waals surface area contributed by atoms with E-state index in [9.17, 15) is 18.0 Å². The molecule has 7 heteroatoms. The second kappa shape index (κ2) is 7.87. The van der Waals surface area contributed by atoms with E-state index in [1.54, 1.807) is 19.1 Å². The zero-order chi connectivity index (χ0) is 15.9. The van der Waals surface area contributed by atoms with E-state index in [1.165, 1.54) is 12.1 Å². The van der Waals surface area contributed by atoms with Crippen LogP contribution in [0.3, 0.4) is 0 Å². The molecular formula is C14H19F3N2O2. The molecule has 0 saturated carbocycles. The fraction of sp³-hybridized carbons (Fsp3) is 0.500. The highest BCUT2D eigenvalue weighted by molar-refractivity contribution is 5.76. The fourth-order valence-corrected chi connectivity index (χ4v) is 1.68. The summed E-state index contributed by atoms with van der Waals surface area (Å²) in [6, 6.07) is 5.92. The Morgan fingerprint density at radius 2 is 1.95 bits per heavy atom. The number of carbonyl (C=O) groups is 1. The van der Waals surface area contributed by atoms with Gasteiger partial charge in [-0.05, 0) is 37.6 Å². The Morgan fingerprint density at radius 1 is 1.33 bits per heavy atom. The summed E-state index contributed by atoms with van der Waals surface area (Å²) in [7, 11) is 0. The molecule has 0 aliphatic rings. The molecule has 1 aromatic carbocycles. The summed E-state index contributed by atoms with van der Waals surface area (Å²) in [4.78, 5) is 11.5. The van der Waals surface area contributed by atoms with E-state index < -0.39 is 12.8 Å². The van der Waals surface area contributed by atoms with Crippen molar-refractivity contribution in [3.63, 3.8) is 0 Å². The van der Waals surface area contributed by atoms with Crippen molar-refractivity contribution in [1.82, 2.24) is 5.32 Å². The standard InChI is InChI=1S/C14H19F3N2O2/c1-10(19-13(20)3-2-8-18)11-4-6-12(7-5-11)21-9-14(15,16)17/h4-7,10H,2-3,8-9,18H2,1H3,(H,19,20). The Kier molecular flexibility index (Phi) is 6.48. The molecule has 21 heavy (non-hydrogen) atoms. The molecule has 0 aliphatic heterocycles. The number of benzene rings is 1. The van der Waals surface area contributed by atoms with E-state index in [1.807, 2.05) is 0 Å². The van der Waals surface area contributed by atoms with Crippen LogP contribution in [0.15, 0.2) is 24.3 Å². The van der Waals surface area contributed by atoms with E-state index in [4.69, 9.17) is 5.73 Å². The molecule has 0 radical (unpaired) electrons. The van der Waals surface area contributed by atoms with Gasteiger partial charge in [-0.2, -0.15) is 13.2 Å². The molecule has 1 unspecified atom stereocenters. The molecular weight excluding hydrogens is 285 g/mol. The van der Waals surface area contributed by atoms with Crippen LogP contribution < -0.4 is 15.8 Å². The molecule has 0 fully saturated rings. The van der Waals surface area contributed by atoms with Gasteiger partial charge in [0.1, 0.15) is 5.75 Å². The minimum atomic E-state index is -4.36. The molecule has 0 aromatic heterocycles. The van der Waals surface area contributed by atoms with Gasteiger partial charge in [0.2, 0.25) is 5.91 Å². The zero-order valence-electron chi connectivity index (χ0n) is 11.7. The number of carbonyl (C=O) groups excluding carboxylic acids is 1. The highest BCUT2D eigenvalue weighted by Crippen LogP contribution is 2.21. The SMILES string of the molecule is CC(NC(=O)CCCN)c1ccc(OCC(F)(F)F)cc1. The first-order valence-corrected chi connectivity index (χ1v) is 6.61. The lowest BCUT2D eigenvalue weighted by molar-refractivity contribution is -0.153. The van der Waals surface area contributed by atoms with Crippen LogP contribution in [0.1, 0.15) is 31.4 Å². The number of hydrogen-bond donors (Lipinski definition) is 2. The van der Waals surface area contributed by atoms with Gasteiger partial charge in [0, 0.05) is 6.42 Å². The Labute approximate surface area is 121 Å². The average molecular weight is 304 g/mol. The topological polar surface area (TPSA) is 64.4 Å². The summed E-state index contributed by atoms with van der Waals surface area (Å²) in [6.07, 6.45) is -3.39. The van der Waals surface area contributed by atoms with E-state index in [0.29, 0.717) is 19.4 Å². The summed E-state index contributed by atoms with van der Waals surface area (Å²) in [5, 5.41) is 2.79. The third-order valence-electron chi connectivity index (χ3n) is 2.77. The fourth-order valence-electron chi connectivity index (χ4n) is 1.68. The highest BCUT2D eigenvalue weighted by Gasteiger charge is 2.28. The molecule has 118 valence electrons. The van der Waals surface area contributed by atoms with E-state index >= 15 is 0 Å². The molecule has 1 aromatic rings. The lowest BCUT2D eigenvalue weighted by Gasteiger charge is -2.15. The predicted octanol–water partition coefficient (Wildman–Crippen LogP) is 2.54. The van der Waals surface area contributed by atoms with Crippen molar-refractivity contribution < 1.29 is 22.7 Å². The first kappa shape index (κ1) is 17.3. The summed E-state index contributed by atoms with van der Waals surface area (Å²) in [5.41, 5.74) is 6.11. The first-order chi connectivity index (χ1) is 9.81. The molecule has 0 aliphatic carbocycles. The van der Waals surface area contributed by atoms with Gasteiger partial charge >= 0.3 is 6.18 Å². The second-order valence-corrected chi connectivity index (χ2v) is 4.65. The third kappa shape index (κ3) is 6.99. The average Bonchev–Trinajstić information content (AvgIpc) is 2.42. The number of nitrogens with one attached hydrogen (secondary N) is 1. The molecule has 0 heterocycles. The normalized spacial score (nSPS) is 12.8. The van der Waals surface area contributed by atoms with Crippen LogP contribution in [-0.2, 0) is 4.79 Å². The maximum Gasteiger partial charge on any atom is 0.422 e. The summed E-state index contributed by atoms with van der Waals surface area (Å²) in [5.74, 6) is 0.0306. The minimum absolute atomic E-state index is 0.106. The Bertz CT molecular complexity index is 447. The molecule has 1 rings (SSSR count). The van der Waals surface area contributed by atoms with Crippen molar-refractivity contribution in [2.75, 3.05) is 13.2 Å². The second-order valence-electron chi connectivity index (χ2n) is 4.65. The van der Waals surface area contributed by atoms with Crippen LogP contribution in [0.2, 0.25) is 0 Å². The predicted molar refractivity (Wildman–Crippen MR) is 72.8 cm³/mol. The Hall–Kier alpha value is -1.76. The number of amides is 1. The van der Waals surface area contributed by atoms with Crippen molar-refractivity contribution >= 4 is 5.91 Å². The van der Waals surface area contributed by atoms with Gasteiger partial charge in [0.05, 0.1) is 6.04 Å². The van der Waals surface area contributed by atoms with Crippen LogP contribution in [0.5, 0.6) is 5.75 Å². The smallest absolute Gasteiger partial charge is 0.422 e. The minimum Gasteiger partial charge on any atom is -0.484 e. The Morgan fingerprint density at radius 3 is 2.48 bits per heavy atom. The third-order valence-corrected chi connectivity index (χ3v) is 2.77. The largest absolute Gasteiger partial charge is 0.484 e. The molecule has 0 bridgehead atoms. The summed E-state index contributed by atoms with van der Waals surface area (Å²) < 4.78 is 40.7. The van der Waals surface area contributed by atoms with Gasteiger partial charge in [-0.15, -0.1) is 0 Å². The number of hydrogen-bond acceptors (Lipinski definition) is 3. The molecule has 1 amide bonds. The van der Waals surface area contributed by atoms with Crippen LogP contribution in [0.25, 0.3) is 0 Å². The molecule has 1 atom stereocenters. The number of alkyl halides is 3. The maximum atomic E-state index is 12.0. The van der Waals surface area contributed by atoms with Crippen molar-refractivity contribution in [1.29, 1.82) is 0 Å². The van der Waals surface area contributed by atoms with Crippen LogP contribution in [0, 0.1) is 0 Å². The van der Waals surface area contributed by atoms with Gasteiger partial charge in [-0.3, -0.25) is 4.79 Å². The van der Waals surface area contributed by atoms with Crippen molar-refractivity contribution in [2.45, 2.75) is 32.0 Å². The monoisotopic (exact) mass is 304 g/mol. The number of halogens is 3.